The summed E-state index contributed by atoms with van der Waals surface area (Å²) in [6, 6.07) is 5.04. The van der Waals surface area contributed by atoms with Gasteiger partial charge in [-0.1, -0.05) is 69.1 Å². The number of hydrogen-bond donors (Lipinski definition) is 0. The summed E-state index contributed by atoms with van der Waals surface area (Å²) < 4.78 is 71.5. The third-order valence-corrected chi connectivity index (χ3v) is 6.64. The molecule has 3 rings (SSSR count). The minimum Gasteiger partial charge on any atom is -0.247 e. The molecule has 0 atom stereocenters. The Kier molecular flexibility index (Phi) is 10.4. The van der Waals surface area contributed by atoms with Crippen LogP contribution < -0.4 is 0 Å². The Morgan fingerprint density at radius 1 is 0.829 bits per heavy atom. The van der Waals surface area contributed by atoms with Gasteiger partial charge in [0.25, 0.3) is 0 Å². The van der Waals surface area contributed by atoms with Gasteiger partial charge in [-0.05, 0) is 68.2 Å². The summed E-state index contributed by atoms with van der Waals surface area (Å²) in [5, 5.41) is 0. The Hall–Kier alpha value is -2.61. The van der Waals surface area contributed by atoms with Crippen molar-refractivity contribution in [3.05, 3.63) is 75.9 Å². The van der Waals surface area contributed by atoms with Crippen LogP contribution in [0.2, 0.25) is 0 Å². The Balaban J connectivity index is 1.65. The van der Waals surface area contributed by atoms with Crippen LogP contribution in [0.1, 0.15) is 106 Å². The molecule has 0 saturated heterocycles. The summed E-state index contributed by atoms with van der Waals surface area (Å²) in [5.41, 5.74) is -0.0485. The standard InChI is InChI=1S/C30H33F5/c1-2-3-4-5-6-7-8-9-10-26-27(32)19-21(20-28(26)33)11-12-23-15-18-25(30(35)29(23)34)22-13-16-24(31)17-14-22/h9-10,15,18-20,22,24H,2-8,13-14,16-17H2,1H3/b10-9+. The Bertz CT molecular complexity index is 1050. The molecule has 35 heavy (non-hydrogen) atoms. The molecular formula is C30H33F5. The number of unbranched alkanes of at least 4 members (excludes halogenated alkanes) is 6. The van der Waals surface area contributed by atoms with E-state index in [9.17, 15) is 22.0 Å². The number of alkyl halides is 1. The highest BCUT2D eigenvalue weighted by Gasteiger charge is 2.26. The molecule has 0 aliphatic heterocycles. The molecule has 0 N–H and O–H groups in total. The largest absolute Gasteiger partial charge is 0.247 e. The van der Waals surface area contributed by atoms with Crippen LogP contribution in [0.5, 0.6) is 0 Å². The lowest BCUT2D eigenvalue weighted by molar-refractivity contribution is 0.233. The summed E-state index contributed by atoms with van der Waals surface area (Å²) in [7, 11) is 0. The zero-order valence-electron chi connectivity index (χ0n) is 20.3. The number of halogens is 5. The van der Waals surface area contributed by atoms with Crippen molar-refractivity contribution in [3.63, 3.8) is 0 Å². The van der Waals surface area contributed by atoms with Crippen molar-refractivity contribution >= 4 is 6.08 Å². The van der Waals surface area contributed by atoms with E-state index in [0.717, 1.165) is 31.4 Å². The van der Waals surface area contributed by atoms with E-state index in [4.69, 9.17) is 0 Å². The van der Waals surface area contributed by atoms with Gasteiger partial charge in [0.05, 0.1) is 5.56 Å². The van der Waals surface area contributed by atoms with Crippen LogP contribution in [-0.4, -0.2) is 6.17 Å². The third-order valence-electron chi connectivity index (χ3n) is 6.64. The summed E-state index contributed by atoms with van der Waals surface area (Å²) in [5.74, 6) is 1.22. The fraction of sp³-hybridized carbons (Fsp3) is 0.467. The van der Waals surface area contributed by atoms with Crippen LogP contribution in [0.25, 0.3) is 6.08 Å². The molecule has 2 aromatic carbocycles. The quantitative estimate of drug-likeness (QED) is 0.187. The van der Waals surface area contributed by atoms with Gasteiger partial charge in [0, 0.05) is 11.1 Å². The van der Waals surface area contributed by atoms with Gasteiger partial charge in [-0.15, -0.1) is 0 Å². The second-order valence-electron chi connectivity index (χ2n) is 9.34. The molecule has 0 amide bonds. The van der Waals surface area contributed by atoms with Crippen LogP contribution in [0.3, 0.4) is 0 Å². The molecule has 0 heterocycles. The van der Waals surface area contributed by atoms with Gasteiger partial charge in [0.15, 0.2) is 11.6 Å². The zero-order chi connectivity index (χ0) is 25.2. The van der Waals surface area contributed by atoms with Crippen molar-refractivity contribution < 1.29 is 22.0 Å². The normalized spacial score (nSPS) is 18.0. The number of benzene rings is 2. The van der Waals surface area contributed by atoms with Crippen molar-refractivity contribution in [1.82, 2.24) is 0 Å². The van der Waals surface area contributed by atoms with E-state index in [1.807, 2.05) is 0 Å². The maximum absolute atomic E-state index is 14.6. The second kappa shape index (κ2) is 13.5. The minimum absolute atomic E-state index is 0.0400. The molecule has 1 fully saturated rings. The summed E-state index contributed by atoms with van der Waals surface area (Å²) in [6.07, 6.45) is 11.6. The van der Waals surface area contributed by atoms with E-state index >= 15 is 0 Å². The van der Waals surface area contributed by atoms with Crippen LogP contribution in [-0.2, 0) is 0 Å². The molecule has 1 aliphatic rings. The molecule has 0 spiro atoms. The van der Waals surface area contributed by atoms with Gasteiger partial charge < -0.3 is 0 Å². The first-order valence-corrected chi connectivity index (χ1v) is 12.7. The Morgan fingerprint density at radius 3 is 2.17 bits per heavy atom. The average Bonchev–Trinajstić information content (AvgIpc) is 2.84. The maximum Gasteiger partial charge on any atom is 0.174 e. The first-order valence-electron chi connectivity index (χ1n) is 12.7. The number of hydrogen-bond acceptors (Lipinski definition) is 0. The molecule has 188 valence electrons. The lowest BCUT2D eigenvalue weighted by atomic mass is 9.82. The fourth-order valence-corrected chi connectivity index (χ4v) is 4.54. The topological polar surface area (TPSA) is 0 Å². The zero-order valence-corrected chi connectivity index (χ0v) is 20.3. The predicted molar refractivity (Wildman–Crippen MR) is 132 cm³/mol. The van der Waals surface area contributed by atoms with Crippen LogP contribution in [0, 0.1) is 35.1 Å². The van der Waals surface area contributed by atoms with Gasteiger partial charge >= 0.3 is 0 Å². The molecule has 1 saturated carbocycles. The summed E-state index contributed by atoms with van der Waals surface area (Å²) >= 11 is 0. The molecule has 0 nitrogen and oxygen atoms in total. The summed E-state index contributed by atoms with van der Waals surface area (Å²) in [4.78, 5) is 0. The van der Waals surface area contributed by atoms with Crippen molar-refractivity contribution in [2.24, 2.45) is 0 Å². The molecule has 5 heteroatoms. The lowest BCUT2D eigenvalue weighted by Gasteiger charge is -2.25. The van der Waals surface area contributed by atoms with Crippen LogP contribution >= 0.6 is 0 Å². The van der Waals surface area contributed by atoms with Crippen LogP contribution in [0.4, 0.5) is 22.0 Å². The third kappa shape index (κ3) is 7.69. The highest BCUT2D eigenvalue weighted by atomic mass is 19.2. The molecule has 0 radical (unpaired) electrons. The highest BCUT2D eigenvalue weighted by molar-refractivity contribution is 5.54. The highest BCUT2D eigenvalue weighted by Crippen LogP contribution is 2.36. The molecule has 0 bridgehead atoms. The first-order chi connectivity index (χ1) is 16.9. The minimum atomic E-state index is -1.09. The van der Waals surface area contributed by atoms with E-state index in [1.165, 1.54) is 43.9 Å². The van der Waals surface area contributed by atoms with E-state index < -0.39 is 29.4 Å². The summed E-state index contributed by atoms with van der Waals surface area (Å²) in [6.45, 7) is 2.17. The first kappa shape index (κ1) is 27.0. The average molecular weight is 489 g/mol. The number of allylic oxidation sites excluding steroid dienone is 1. The van der Waals surface area contributed by atoms with Crippen molar-refractivity contribution in [3.8, 4) is 11.8 Å². The van der Waals surface area contributed by atoms with E-state index in [2.05, 4.69) is 18.8 Å². The molecule has 2 aromatic rings. The maximum atomic E-state index is 14.6. The lowest BCUT2D eigenvalue weighted by Crippen LogP contribution is -2.15. The van der Waals surface area contributed by atoms with E-state index in [1.54, 1.807) is 6.08 Å². The molecule has 0 aromatic heterocycles. The van der Waals surface area contributed by atoms with Crippen molar-refractivity contribution in [2.75, 3.05) is 0 Å². The Morgan fingerprint density at radius 2 is 1.49 bits per heavy atom. The number of rotatable bonds is 9. The predicted octanol–water partition coefficient (Wildman–Crippen LogP) is 9.40. The Labute approximate surface area is 205 Å². The SMILES string of the molecule is CCCCCCCC/C=C/c1c(F)cc(C#Cc2ccc(C3CCC(F)CC3)c(F)c2F)cc1F. The molecule has 0 unspecified atom stereocenters. The van der Waals surface area contributed by atoms with Gasteiger partial charge in [-0.3, -0.25) is 0 Å². The monoisotopic (exact) mass is 488 g/mol. The van der Waals surface area contributed by atoms with Gasteiger partial charge in [-0.2, -0.15) is 0 Å². The van der Waals surface area contributed by atoms with Crippen molar-refractivity contribution in [1.29, 1.82) is 0 Å². The van der Waals surface area contributed by atoms with Crippen LogP contribution in [0.15, 0.2) is 30.3 Å². The second-order valence-corrected chi connectivity index (χ2v) is 9.34. The van der Waals surface area contributed by atoms with Gasteiger partial charge in [-0.25, -0.2) is 22.0 Å². The van der Waals surface area contributed by atoms with Crippen molar-refractivity contribution in [2.45, 2.75) is 89.6 Å². The fourth-order valence-electron chi connectivity index (χ4n) is 4.54. The van der Waals surface area contributed by atoms with Gasteiger partial charge in [0.2, 0.25) is 0 Å². The molecular weight excluding hydrogens is 455 g/mol. The molecule has 1 aliphatic carbocycles. The van der Waals surface area contributed by atoms with Gasteiger partial charge in [0.1, 0.15) is 17.8 Å². The van der Waals surface area contributed by atoms with E-state index in [-0.39, 0.29) is 28.2 Å². The smallest absolute Gasteiger partial charge is 0.174 e. The van der Waals surface area contributed by atoms with E-state index in [0.29, 0.717) is 25.7 Å².